The number of anilines is 2. The number of amides is 3. The van der Waals surface area contributed by atoms with Gasteiger partial charge in [0.05, 0.1) is 39.0 Å². The fourth-order valence-corrected chi connectivity index (χ4v) is 10.3. The summed E-state index contributed by atoms with van der Waals surface area (Å²) in [5.74, 6) is 0.336. The van der Waals surface area contributed by atoms with Crippen molar-refractivity contribution in [2.24, 2.45) is 11.3 Å². The summed E-state index contributed by atoms with van der Waals surface area (Å²) in [5, 5.41) is 22.4. The highest BCUT2D eigenvalue weighted by atomic mass is 35.5. The Hall–Kier alpha value is -4.71. The Kier molecular flexibility index (Phi) is 10.1. The summed E-state index contributed by atoms with van der Waals surface area (Å²) in [6.45, 7) is 8.02. The maximum atomic E-state index is 14.7. The number of nitrogens with one attached hydrogen (secondary N) is 1. The van der Waals surface area contributed by atoms with E-state index in [0.717, 1.165) is 75.5 Å². The van der Waals surface area contributed by atoms with Gasteiger partial charge in [0, 0.05) is 82.0 Å². The molecule has 11 nitrogen and oxygen atoms in total. The van der Waals surface area contributed by atoms with Crippen LogP contribution in [0.5, 0.6) is 5.75 Å². The number of likely N-dealkylation sites (tertiary alicyclic amines) is 2. The first-order valence-corrected chi connectivity index (χ1v) is 20.9. The van der Waals surface area contributed by atoms with Crippen molar-refractivity contribution in [1.29, 1.82) is 0 Å². The SMILES string of the molecule is O=C1CC[C@H](c2ccc(N3CCC(CN4CC5(C4)CN(C(=O)C4(c6ccc(Cl)c(Cl)c6)CCN(c6cnnc(-c7ccccc7O)c6)CC4)C5)CC3)cc2)C(=O)N1. The van der Waals surface area contributed by atoms with Gasteiger partial charge in [-0.2, -0.15) is 10.2 Å². The molecule has 1 spiro atoms. The number of hydrogen-bond donors (Lipinski definition) is 2. The van der Waals surface area contributed by atoms with Crippen LogP contribution in [0.1, 0.15) is 55.6 Å². The molecule has 5 aliphatic heterocycles. The highest BCUT2D eigenvalue weighted by Gasteiger charge is 2.57. The second kappa shape index (κ2) is 15.2. The average Bonchev–Trinajstić information content (AvgIpc) is 3.20. The highest BCUT2D eigenvalue weighted by molar-refractivity contribution is 6.42. The minimum atomic E-state index is -0.712. The molecule has 0 aliphatic carbocycles. The van der Waals surface area contributed by atoms with Crippen LogP contribution >= 0.6 is 23.2 Å². The number of rotatable bonds is 8. The van der Waals surface area contributed by atoms with E-state index in [-0.39, 0.29) is 34.8 Å². The number of halogens is 2. The van der Waals surface area contributed by atoms with Crippen LogP contribution in [0.4, 0.5) is 11.4 Å². The molecule has 4 aromatic rings. The van der Waals surface area contributed by atoms with Gasteiger partial charge in [-0.05, 0) is 91.6 Å². The summed E-state index contributed by atoms with van der Waals surface area (Å²) < 4.78 is 0. The molecule has 1 aromatic heterocycles. The molecule has 0 bridgehead atoms. The lowest BCUT2D eigenvalue weighted by molar-refractivity contribution is -0.166. The molecule has 5 aliphatic rings. The summed E-state index contributed by atoms with van der Waals surface area (Å²) in [7, 11) is 0. The molecule has 2 N–H and O–H groups in total. The standard InChI is InChI=1S/C44H47Cl2N7O4/c45-36-11-7-31(21-37(36)46)44(15-19-52(20-16-44)33-22-38(49-47-23-33)35-3-1-2-4-39(35)54)42(57)53-27-43(28-53)25-50(26-43)24-29-13-17-51(18-14-29)32-8-5-30(6-9-32)34-10-12-40(55)48-41(34)56/h1-9,11,21-23,29,34,54H,10,12-20,24-28H2,(H,48,55,56)/t34-/m1/s1. The van der Waals surface area contributed by atoms with E-state index in [2.05, 4.69) is 47.2 Å². The Morgan fingerprint density at radius 2 is 1.54 bits per heavy atom. The molecule has 9 rings (SSSR count). The minimum absolute atomic E-state index is 0.156. The van der Waals surface area contributed by atoms with Gasteiger partial charge in [0.25, 0.3) is 0 Å². The third kappa shape index (κ3) is 7.34. The third-order valence-corrected chi connectivity index (χ3v) is 13.9. The molecule has 0 unspecified atom stereocenters. The maximum Gasteiger partial charge on any atom is 0.234 e. The number of para-hydroxylation sites is 1. The zero-order valence-corrected chi connectivity index (χ0v) is 33.4. The van der Waals surface area contributed by atoms with Crippen LogP contribution in [0.3, 0.4) is 0 Å². The van der Waals surface area contributed by atoms with Crippen molar-refractivity contribution >= 4 is 52.3 Å². The van der Waals surface area contributed by atoms with Gasteiger partial charge in [0.15, 0.2) is 0 Å². The van der Waals surface area contributed by atoms with Crippen LogP contribution in [0.25, 0.3) is 11.3 Å². The van der Waals surface area contributed by atoms with Crippen LogP contribution in [-0.2, 0) is 19.8 Å². The quantitative estimate of drug-likeness (QED) is 0.198. The molecular formula is C44H47Cl2N7O4. The van der Waals surface area contributed by atoms with Crippen molar-refractivity contribution in [3.8, 4) is 17.0 Å². The fourth-order valence-electron chi connectivity index (χ4n) is 10.0. The molecule has 5 fully saturated rings. The number of nitrogens with zero attached hydrogens (tertiary/aromatic N) is 6. The van der Waals surface area contributed by atoms with Gasteiger partial charge in [0.2, 0.25) is 17.7 Å². The van der Waals surface area contributed by atoms with E-state index in [1.54, 1.807) is 24.4 Å². The molecule has 3 aromatic carbocycles. The maximum absolute atomic E-state index is 14.7. The lowest BCUT2D eigenvalue weighted by Crippen LogP contribution is -2.74. The third-order valence-electron chi connectivity index (χ3n) is 13.2. The number of phenols is 1. The number of aromatic hydroxyl groups is 1. The van der Waals surface area contributed by atoms with Gasteiger partial charge < -0.3 is 24.7 Å². The van der Waals surface area contributed by atoms with Crippen LogP contribution in [0.2, 0.25) is 10.0 Å². The Morgan fingerprint density at radius 1 is 0.825 bits per heavy atom. The molecule has 296 valence electrons. The van der Waals surface area contributed by atoms with Gasteiger partial charge in [-0.3, -0.25) is 19.7 Å². The number of imide groups is 1. The molecule has 57 heavy (non-hydrogen) atoms. The monoisotopic (exact) mass is 807 g/mol. The summed E-state index contributed by atoms with van der Waals surface area (Å²) in [6, 6.07) is 23.0. The van der Waals surface area contributed by atoms with Gasteiger partial charge in [0.1, 0.15) is 5.75 Å². The first-order chi connectivity index (χ1) is 27.6. The first kappa shape index (κ1) is 37.8. The average molecular weight is 809 g/mol. The van der Waals surface area contributed by atoms with Crippen LogP contribution in [-0.4, -0.2) is 102 Å². The van der Waals surface area contributed by atoms with E-state index in [9.17, 15) is 19.5 Å². The van der Waals surface area contributed by atoms with Crippen molar-refractivity contribution < 1.29 is 19.5 Å². The van der Waals surface area contributed by atoms with Gasteiger partial charge in [-0.25, -0.2) is 0 Å². The lowest BCUT2D eigenvalue weighted by Gasteiger charge is -2.62. The topological polar surface area (TPSA) is 122 Å². The van der Waals surface area contributed by atoms with E-state index in [1.165, 1.54) is 5.69 Å². The summed E-state index contributed by atoms with van der Waals surface area (Å²) in [5.41, 5.74) is 4.66. The fraction of sp³-hybridized carbons (Fsp3) is 0.432. The molecule has 3 amide bonds. The summed E-state index contributed by atoms with van der Waals surface area (Å²) >= 11 is 12.9. The van der Waals surface area contributed by atoms with Crippen molar-refractivity contribution in [3.63, 3.8) is 0 Å². The van der Waals surface area contributed by atoms with E-state index in [0.29, 0.717) is 66.0 Å². The smallest absolute Gasteiger partial charge is 0.234 e. The first-order valence-electron chi connectivity index (χ1n) is 20.1. The number of benzene rings is 3. The van der Waals surface area contributed by atoms with Crippen molar-refractivity contribution in [2.45, 2.75) is 49.9 Å². The zero-order valence-electron chi connectivity index (χ0n) is 31.9. The molecule has 0 saturated carbocycles. The van der Waals surface area contributed by atoms with E-state index < -0.39 is 5.41 Å². The predicted molar refractivity (Wildman–Crippen MR) is 221 cm³/mol. The van der Waals surface area contributed by atoms with Crippen molar-refractivity contribution in [1.82, 2.24) is 25.3 Å². The number of phenolic OH excluding ortho intramolecular Hbond substituents is 1. The predicted octanol–water partition coefficient (Wildman–Crippen LogP) is 6.28. The normalized spacial score (nSPS) is 22.2. The van der Waals surface area contributed by atoms with Crippen molar-refractivity contribution in [3.05, 3.63) is 100 Å². The van der Waals surface area contributed by atoms with Gasteiger partial charge in [-0.1, -0.05) is 53.5 Å². The number of hydrogen-bond acceptors (Lipinski definition) is 9. The largest absolute Gasteiger partial charge is 0.507 e. The zero-order chi connectivity index (χ0) is 39.3. The van der Waals surface area contributed by atoms with Crippen LogP contribution < -0.4 is 15.1 Å². The Morgan fingerprint density at radius 3 is 2.25 bits per heavy atom. The van der Waals surface area contributed by atoms with Crippen LogP contribution in [0.15, 0.2) is 79.0 Å². The highest BCUT2D eigenvalue weighted by Crippen LogP contribution is 2.46. The molecule has 1 atom stereocenters. The van der Waals surface area contributed by atoms with E-state index >= 15 is 0 Å². The molecular weight excluding hydrogens is 761 g/mol. The lowest BCUT2D eigenvalue weighted by atomic mass is 9.67. The van der Waals surface area contributed by atoms with Crippen LogP contribution in [0, 0.1) is 11.3 Å². The second-order valence-electron chi connectivity index (χ2n) is 16.9. The minimum Gasteiger partial charge on any atom is -0.507 e. The van der Waals surface area contributed by atoms with E-state index in [1.807, 2.05) is 42.5 Å². The summed E-state index contributed by atoms with van der Waals surface area (Å²) in [4.78, 5) is 47.9. The number of carbonyl (C=O) groups is 3. The van der Waals surface area contributed by atoms with Crippen molar-refractivity contribution in [2.75, 3.05) is 68.7 Å². The van der Waals surface area contributed by atoms with Gasteiger partial charge in [-0.15, -0.1) is 0 Å². The molecule has 5 saturated heterocycles. The Labute approximate surface area is 342 Å². The van der Waals surface area contributed by atoms with Gasteiger partial charge >= 0.3 is 0 Å². The summed E-state index contributed by atoms with van der Waals surface area (Å²) in [6.07, 6.45) is 6.21. The molecule has 13 heteroatoms. The number of carbonyl (C=O) groups excluding carboxylic acids is 3. The second-order valence-corrected chi connectivity index (χ2v) is 17.7. The molecule has 0 radical (unpaired) electrons. The Balaban J connectivity index is 0.788. The molecule has 6 heterocycles. The van der Waals surface area contributed by atoms with E-state index in [4.69, 9.17) is 23.2 Å². The number of aromatic nitrogens is 2. The number of piperidine rings is 3. The Bertz CT molecular complexity index is 2170.